The van der Waals surface area contributed by atoms with Crippen LogP contribution in [0.2, 0.25) is 5.02 Å². The first-order valence-electron chi connectivity index (χ1n) is 3.76. The van der Waals surface area contributed by atoms with Gasteiger partial charge in [-0.15, -0.1) is 0 Å². The van der Waals surface area contributed by atoms with Crippen LogP contribution in [-0.2, 0) is 9.05 Å². The van der Waals surface area contributed by atoms with Gasteiger partial charge >= 0.3 is 0 Å². The zero-order valence-electron chi connectivity index (χ0n) is 7.84. The van der Waals surface area contributed by atoms with E-state index in [2.05, 4.69) is 0 Å². The van der Waals surface area contributed by atoms with Gasteiger partial charge in [-0.05, 0) is 18.6 Å². The van der Waals surface area contributed by atoms with Gasteiger partial charge < -0.3 is 4.74 Å². The Hall–Kier alpha value is -0.520. The summed E-state index contributed by atoms with van der Waals surface area (Å²) in [5.41, 5.74) is 0.0834. The zero-order valence-corrected chi connectivity index (χ0v) is 10.2. The fourth-order valence-corrected chi connectivity index (χ4v) is 2.71. The van der Waals surface area contributed by atoms with Gasteiger partial charge in [0.2, 0.25) is 0 Å². The van der Waals surface area contributed by atoms with E-state index in [1.807, 2.05) is 0 Å². The van der Waals surface area contributed by atoms with Crippen molar-refractivity contribution in [3.8, 4) is 5.75 Å². The number of hydrogen-bond donors (Lipinski definition) is 0. The fourth-order valence-electron chi connectivity index (χ4n) is 1.11. The summed E-state index contributed by atoms with van der Waals surface area (Å²) in [6.07, 6.45) is 0. The summed E-state index contributed by atoms with van der Waals surface area (Å²) in [5.74, 6) is -1.24. The Bertz CT molecular complexity index is 499. The van der Waals surface area contributed by atoms with E-state index in [-0.39, 0.29) is 16.3 Å². The number of benzene rings is 1. The molecule has 0 saturated carbocycles. The SMILES string of the molecule is COc1c(Cl)cc(C)c(F)c1S(=O)(=O)Cl. The third-order valence-corrected chi connectivity index (χ3v) is 3.36. The van der Waals surface area contributed by atoms with Crippen molar-refractivity contribution in [1.82, 2.24) is 0 Å². The molecule has 0 aliphatic carbocycles. The van der Waals surface area contributed by atoms with Gasteiger partial charge in [-0.2, -0.15) is 0 Å². The number of rotatable bonds is 2. The van der Waals surface area contributed by atoms with Crippen LogP contribution in [0.25, 0.3) is 0 Å². The lowest BCUT2D eigenvalue weighted by molar-refractivity contribution is 0.395. The van der Waals surface area contributed by atoms with Gasteiger partial charge in [0, 0.05) is 10.7 Å². The van der Waals surface area contributed by atoms with E-state index in [0.29, 0.717) is 0 Å². The molecule has 1 aromatic rings. The van der Waals surface area contributed by atoms with E-state index < -0.39 is 19.8 Å². The molecule has 0 atom stereocenters. The zero-order chi connectivity index (χ0) is 11.8. The second-order valence-electron chi connectivity index (χ2n) is 2.79. The predicted molar refractivity (Wildman–Crippen MR) is 55.7 cm³/mol. The van der Waals surface area contributed by atoms with E-state index >= 15 is 0 Å². The third kappa shape index (κ3) is 2.35. The summed E-state index contributed by atoms with van der Waals surface area (Å²) in [4.78, 5) is -0.725. The molecule has 0 saturated heterocycles. The molecule has 0 N–H and O–H groups in total. The van der Waals surface area contributed by atoms with Gasteiger partial charge in [0.1, 0.15) is 5.82 Å². The number of aryl methyl sites for hydroxylation is 1. The summed E-state index contributed by atoms with van der Waals surface area (Å²) in [6, 6.07) is 1.27. The highest BCUT2D eigenvalue weighted by atomic mass is 35.7. The van der Waals surface area contributed by atoms with E-state index in [9.17, 15) is 12.8 Å². The molecule has 1 aromatic carbocycles. The maximum absolute atomic E-state index is 13.5. The van der Waals surface area contributed by atoms with Crippen LogP contribution in [0.15, 0.2) is 11.0 Å². The molecule has 0 aliphatic rings. The second-order valence-corrected chi connectivity index (χ2v) is 5.70. The van der Waals surface area contributed by atoms with Crippen molar-refractivity contribution in [3.63, 3.8) is 0 Å². The molecule has 0 fully saturated rings. The van der Waals surface area contributed by atoms with Crippen LogP contribution in [0.4, 0.5) is 4.39 Å². The van der Waals surface area contributed by atoms with Crippen molar-refractivity contribution in [3.05, 3.63) is 22.5 Å². The fraction of sp³-hybridized carbons (Fsp3) is 0.250. The summed E-state index contributed by atoms with van der Waals surface area (Å²) < 4.78 is 40.5. The molecular weight excluding hydrogens is 266 g/mol. The monoisotopic (exact) mass is 272 g/mol. The number of methoxy groups -OCH3 is 1. The summed E-state index contributed by atoms with van der Waals surface area (Å²) >= 11 is 5.70. The van der Waals surface area contributed by atoms with Gasteiger partial charge in [-0.1, -0.05) is 11.6 Å². The maximum Gasteiger partial charge on any atom is 0.267 e. The highest BCUT2D eigenvalue weighted by Crippen LogP contribution is 2.37. The van der Waals surface area contributed by atoms with Crippen LogP contribution in [0.5, 0.6) is 5.75 Å². The first-order chi connectivity index (χ1) is 6.79. The Morgan fingerprint density at radius 2 is 2.00 bits per heavy atom. The largest absolute Gasteiger partial charge is 0.494 e. The average molecular weight is 273 g/mol. The molecule has 3 nitrogen and oxygen atoms in total. The van der Waals surface area contributed by atoms with Crippen molar-refractivity contribution in [2.24, 2.45) is 0 Å². The number of ether oxygens (including phenoxy) is 1. The highest BCUT2D eigenvalue weighted by molar-refractivity contribution is 8.13. The second kappa shape index (κ2) is 4.15. The van der Waals surface area contributed by atoms with Crippen LogP contribution in [-0.4, -0.2) is 15.5 Å². The Balaban J connectivity index is 3.74. The van der Waals surface area contributed by atoms with Crippen molar-refractivity contribution in [2.45, 2.75) is 11.8 Å². The van der Waals surface area contributed by atoms with Crippen molar-refractivity contribution in [2.75, 3.05) is 7.11 Å². The minimum Gasteiger partial charge on any atom is -0.494 e. The Kier molecular flexibility index (Phi) is 3.48. The minimum absolute atomic E-state index is 0.00405. The minimum atomic E-state index is -4.23. The molecule has 0 radical (unpaired) electrons. The molecule has 84 valence electrons. The highest BCUT2D eigenvalue weighted by Gasteiger charge is 2.26. The van der Waals surface area contributed by atoms with Crippen LogP contribution < -0.4 is 4.74 Å². The standard InChI is InChI=1S/C8H7Cl2FO3S/c1-4-3-5(9)7(14-2)8(6(4)11)15(10,12)13/h3H,1-2H3. The number of hydrogen-bond acceptors (Lipinski definition) is 3. The molecule has 15 heavy (non-hydrogen) atoms. The lowest BCUT2D eigenvalue weighted by Gasteiger charge is -2.10. The molecule has 0 heterocycles. The molecule has 0 amide bonds. The lowest BCUT2D eigenvalue weighted by atomic mass is 10.2. The van der Waals surface area contributed by atoms with Gasteiger partial charge in [-0.3, -0.25) is 0 Å². The summed E-state index contributed by atoms with van der Waals surface area (Å²) in [7, 11) is 2.03. The van der Waals surface area contributed by atoms with Crippen LogP contribution in [0.1, 0.15) is 5.56 Å². The molecule has 1 rings (SSSR count). The van der Waals surface area contributed by atoms with Crippen LogP contribution in [0, 0.1) is 12.7 Å². The predicted octanol–water partition coefficient (Wildman–Crippen LogP) is 2.72. The average Bonchev–Trinajstić information content (AvgIpc) is 2.08. The van der Waals surface area contributed by atoms with Crippen LogP contribution in [0.3, 0.4) is 0 Å². The van der Waals surface area contributed by atoms with E-state index in [4.69, 9.17) is 27.0 Å². The molecule has 0 spiro atoms. The van der Waals surface area contributed by atoms with E-state index in [0.717, 1.165) is 0 Å². The number of halogens is 3. The first-order valence-corrected chi connectivity index (χ1v) is 6.45. The quantitative estimate of drug-likeness (QED) is 0.778. The van der Waals surface area contributed by atoms with Crippen molar-refractivity contribution in [1.29, 1.82) is 0 Å². The van der Waals surface area contributed by atoms with Gasteiger partial charge in [0.15, 0.2) is 10.6 Å². The van der Waals surface area contributed by atoms with Crippen LogP contribution >= 0.6 is 22.3 Å². The van der Waals surface area contributed by atoms with Gasteiger partial charge in [0.05, 0.1) is 12.1 Å². The molecule has 0 aromatic heterocycles. The Morgan fingerprint density at radius 1 is 1.47 bits per heavy atom. The molecular formula is C8H7Cl2FO3S. The van der Waals surface area contributed by atoms with E-state index in [1.165, 1.54) is 20.1 Å². The lowest BCUT2D eigenvalue weighted by Crippen LogP contribution is -2.02. The molecule has 0 aliphatic heterocycles. The van der Waals surface area contributed by atoms with Crippen molar-refractivity contribution < 1.29 is 17.5 Å². The Labute approximate surface area is 96.2 Å². The molecule has 0 unspecified atom stereocenters. The smallest absolute Gasteiger partial charge is 0.267 e. The van der Waals surface area contributed by atoms with Gasteiger partial charge in [-0.25, -0.2) is 12.8 Å². The van der Waals surface area contributed by atoms with E-state index in [1.54, 1.807) is 0 Å². The summed E-state index contributed by atoms with van der Waals surface area (Å²) in [6.45, 7) is 1.38. The normalized spacial score (nSPS) is 11.5. The Morgan fingerprint density at radius 3 is 2.40 bits per heavy atom. The molecule has 0 bridgehead atoms. The van der Waals surface area contributed by atoms with Crippen molar-refractivity contribution >= 4 is 31.3 Å². The summed E-state index contributed by atoms with van der Waals surface area (Å²) in [5, 5.41) is -0.00405. The maximum atomic E-state index is 13.5. The topological polar surface area (TPSA) is 43.4 Å². The first kappa shape index (κ1) is 12.5. The molecule has 7 heteroatoms. The third-order valence-electron chi connectivity index (χ3n) is 1.76. The van der Waals surface area contributed by atoms with Gasteiger partial charge in [0.25, 0.3) is 9.05 Å².